The number of benzene rings is 1. The van der Waals surface area contributed by atoms with Gasteiger partial charge in [-0.25, -0.2) is 0 Å². The van der Waals surface area contributed by atoms with E-state index in [1.165, 1.54) is 11.1 Å². The highest BCUT2D eigenvalue weighted by Gasteiger charge is 2.09. The van der Waals surface area contributed by atoms with Crippen molar-refractivity contribution in [2.24, 2.45) is 0 Å². The van der Waals surface area contributed by atoms with Gasteiger partial charge in [0.05, 0.1) is 6.61 Å². The lowest BCUT2D eigenvalue weighted by Gasteiger charge is -2.22. The van der Waals surface area contributed by atoms with Crippen LogP contribution in [0, 0.1) is 6.92 Å². The van der Waals surface area contributed by atoms with Gasteiger partial charge in [-0.15, -0.1) is 23.2 Å². The zero-order valence-corrected chi connectivity index (χ0v) is 13.7. The average molecular weight is 326 g/mol. The second-order valence-corrected chi connectivity index (χ2v) is 4.95. The molecule has 0 fully saturated rings. The van der Waals surface area contributed by atoms with E-state index in [0.29, 0.717) is 18.4 Å². The Hall–Kier alpha value is -0.150. The zero-order chi connectivity index (χ0) is 13.4. The number of hydrogen-bond acceptors (Lipinski definition) is 2. The number of alkyl halides is 2. The fraction of sp³-hybridized carbons (Fsp3) is 0.571. The van der Waals surface area contributed by atoms with E-state index in [-0.39, 0.29) is 12.4 Å². The van der Waals surface area contributed by atoms with Crippen LogP contribution in [0.15, 0.2) is 18.2 Å². The highest BCUT2D eigenvalue weighted by atomic mass is 35.5. The predicted molar refractivity (Wildman–Crippen MR) is 79.1 cm³/mol. The number of rotatable bonds is 8. The SMILES string of the molecule is CCOc1ccc(C)cc1CN(CCCl)CCCl.[Cl-]. The van der Waals surface area contributed by atoms with Gasteiger partial charge in [0, 0.05) is 37.0 Å². The molecule has 0 bridgehead atoms. The van der Waals surface area contributed by atoms with Crippen LogP contribution in [0.4, 0.5) is 0 Å². The van der Waals surface area contributed by atoms with E-state index in [1.807, 2.05) is 13.0 Å². The first-order valence-corrected chi connectivity index (χ1v) is 7.34. The van der Waals surface area contributed by atoms with Gasteiger partial charge in [-0.3, -0.25) is 4.90 Å². The summed E-state index contributed by atoms with van der Waals surface area (Å²) >= 11 is 11.6. The molecule has 0 heterocycles. The molecule has 5 heteroatoms. The quantitative estimate of drug-likeness (QED) is 0.652. The molecule has 2 nitrogen and oxygen atoms in total. The summed E-state index contributed by atoms with van der Waals surface area (Å²) in [6.45, 7) is 7.28. The molecule has 0 aromatic heterocycles. The smallest absolute Gasteiger partial charge is 0.123 e. The first-order valence-electron chi connectivity index (χ1n) is 6.27. The molecule has 1 aromatic rings. The highest BCUT2D eigenvalue weighted by Crippen LogP contribution is 2.22. The van der Waals surface area contributed by atoms with Crippen molar-refractivity contribution in [1.29, 1.82) is 0 Å². The van der Waals surface area contributed by atoms with Crippen LogP contribution < -0.4 is 17.1 Å². The molecule has 0 spiro atoms. The van der Waals surface area contributed by atoms with Gasteiger partial charge in [0.2, 0.25) is 0 Å². The molecule has 0 N–H and O–H groups in total. The van der Waals surface area contributed by atoms with E-state index in [2.05, 4.69) is 24.0 Å². The minimum absolute atomic E-state index is 0. The van der Waals surface area contributed by atoms with Crippen LogP contribution in [-0.2, 0) is 6.54 Å². The molecular formula is C14H21Cl3NO-. The van der Waals surface area contributed by atoms with Gasteiger partial charge in [-0.1, -0.05) is 17.7 Å². The largest absolute Gasteiger partial charge is 1.00 e. The Morgan fingerprint density at radius 1 is 1.16 bits per heavy atom. The van der Waals surface area contributed by atoms with Crippen LogP contribution in [0.5, 0.6) is 5.75 Å². The number of aryl methyl sites for hydroxylation is 1. The molecule has 0 aliphatic heterocycles. The van der Waals surface area contributed by atoms with Gasteiger partial charge in [0.1, 0.15) is 5.75 Å². The Morgan fingerprint density at radius 2 is 1.79 bits per heavy atom. The molecule has 1 aromatic carbocycles. The first-order chi connectivity index (χ1) is 8.71. The van der Waals surface area contributed by atoms with E-state index in [1.54, 1.807) is 0 Å². The lowest BCUT2D eigenvalue weighted by Crippen LogP contribution is -3.00. The number of ether oxygens (including phenoxy) is 1. The summed E-state index contributed by atoms with van der Waals surface area (Å²) in [5, 5.41) is 0. The van der Waals surface area contributed by atoms with Crippen LogP contribution in [0.2, 0.25) is 0 Å². The van der Waals surface area contributed by atoms with Crippen molar-refractivity contribution in [2.45, 2.75) is 20.4 Å². The number of nitrogens with zero attached hydrogens (tertiary/aromatic N) is 1. The first kappa shape index (κ1) is 18.9. The monoisotopic (exact) mass is 324 g/mol. The summed E-state index contributed by atoms with van der Waals surface area (Å²) < 4.78 is 5.66. The van der Waals surface area contributed by atoms with Gasteiger partial charge in [-0.05, 0) is 19.9 Å². The van der Waals surface area contributed by atoms with E-state index < -0.39 is 0 Å². The molecule has 0 saturated carbocycles. The third-order valence-electron chi connectivity index (χ3n) is 2.71. The Balaban J connectivity index is 0.00000324. The van der Waals surface area contributed by atoms with Crippen molar-refractivity contribution in [3.8, 4) is 5.75 Å². The van der Waals surface area contributed by atoms with Crippen LogP contribution in [-0.4, -0.2) is 36.4 Å². The highest BCUT2D eigenvalue weighted by molar-refractivity contribution is 6.18. The Morgan fingerprint density at radius 3 is 2.32 bits per heavy atom. The summed E-state index contributed by atoms with van der Waals surface area (Å²) in [7, 11) is 0. The standard InChI is InChI=1S/C14H21Cl2NO.ClH/c1-3-18-14-5-4-12(2)10-13(14)11-17(8-6-15)9-7-16;/h4-5,10H,3,6-9,11H2,1-2H3;1H/p-1. The van der Waals surface area contributed by atoms with Gasteiger partial charge >= 0.3 is 0 Å². The van der Waals surface area contributed by atoms with Gasteiger partial charge in [-0.2, -0.15) is 0 Å². The van der Waals surface area contributed by atoms with E-state index in [4.69, 9.17) is 27.9 Å². The second kappa shape index (κ2) is 10.6. The van der Waals surface area contributed by atoms with Crippen molar-refractivity contribution in [2.75, 3.05) is 31.5 Å². The van der Waals surface area contributed by atoms with E-state index in [9.17, 15) is 0 Å². The fourth-order valence-corrected chi connectivity index (χ4v) is 2.36. The molecule has 0 aliphatic carbocycles. The van der Waals surface area contributed by atoms with Crippen LogP contribution in [0.25, 0.3) is 0 Å². The lowest BCUT2D eigenvalue weighted by atomic mass is 10.1. The maximum absolute atomic E-state index is 5.81. The van der Waals surface area contributed by atoms with Crippen molar-refractivity contribution in [3.63, 3.8) is 0 Å². The van der Waals surface area contributed by atoms with E-state index >= 15 is 0 Å². The van der Waals surface area contributed by atoms with Crippen molar-refractivity contribution in [3.05, 3.63) is 29.3 Å². The van der Waals surface area contributed by atoms with E-state index in [0.717, 1.165) is 25.4 Å². The van der Waals surface area contributed by atoms with Crippen LogP contribution in [0.1, 0.15) is 18.1 Å². The fourth-order valence-electron chi connectivity index (χ4n) is 1.88. The normalized spacial score (nSPS) is 10.4. The molecule has 1 rings (SSSR count). The van der Waals surface area contributed by atoms with Gasteiger partial charge in [0.15, 0.2) is 0 Å². The van der Waals surface area contributed by atoms with Gasteiger partial charge in [0.25, 0.3) is 0 Å². The molecular weight excluding hydrogens is 305 g/mol. The van der Waals surface area contributed by atoms with Crippen LogP contribution in [0.3, 0.4) is 0 Å². The minimum Gasteiger partial charge on any atom is -1.00 e. The molecule has 0 saturated heterocycles. The van der Waals surface area contributed by atoms with Crippen LogP contribution >= 0.6 is 23.2 Å². The Labute approximate surface area is 132 Å². The molecule has 110 valence electrons. The molecule has 0 aliphatic rings. The molecule has 0 unspecified atom stereocenters. The Bertz CT molecular complexity index is 355. The average Bonchev–Trinajstić information content (AvgIpc) is 2.33. The minimum atomic E-state index is 0. The number of halogens is 3. The molecule has 19 heavy (non-hydrogen) atoms. The summed E-state index contributed by atoms with van der Waals surface area (Å²) in [6.07, 6.45) is 0. The number of hydrogen-bond donors (Lipinski definition) is 0. The molecule has 0 amide bonds. The van der Waals surface area contributed by atoms with Crippen molar-refractivity contribution < 1.29 is 17.1 Å². The zero-order valence-electron chi connectivity index (χ0n) is 11.5. The Kier molecular flexibility index (Phi) is 10.5. The predicted octanol–water partition coefficient (Wildman–Crippen LogP) is 0.677. The molecule has 0 atom stereocenters. The maximum atomic E-state index is 5.81. The third-order valence-corrected chi connectivity index (χ3v) is 3.05. The topological polar surface area (TPSA) is 12.5 Å². The summed E-state index contributed by atoms with van der Waals surface area (Å²) in [4.78, 5) is 2.25. The van der Waals surface area contributed by atoms with Gasteiger partial charge < -0.3 is 17.1 Å². The van der Waals surface area contributed by atoms with Crippen molar-refractivity contribution in [1.82, 2.24) is 4.90 Å². The van der Waals surface area contributed by atoms with Crippen molar-refractivity contribution >= 4 is 23.2 Å². The summed E-state index contributed by atoms with van der Waals surface area (Å²) in [5.74, 6) is 2.19. The second-order valence-electron chi connectivity index (χ2n) is 4.20. The maximum Gasteiger partial charge on any atom is 0.123 e. The summed E-state index contributed by atoms with van der Waals surface area (Å²) in [6, 6.07) is 6.27. The molecule has 0 radical (unpaired) electrons. The lowest BCUT2D eigenvalue weighted by molar-refractivity contribution is -0.00000423. The summed E-state index contributed by atoms with van der Waals surface area (Å²) in [5.41, 5.74) is 2.44. The third kappa shape index (κ3) is 6.71.